The number of hydrogen-bond acceptors (Lipinski definition) is 2. The molecule has 1 aromatic carbocycles. The van der Waals surface area contributed by atoms with Crippen molar-refractivity contribution < 1.29 is 4.21 Å². The molecule has 1 fully saturated rings. The Balaban J connectivity index is 2.31. The van der Waals surface area contributed by atoms with E-state index < -0.39 is 10.8 Å². The first-order valence-corrected chi connectivity index (χ1v) is 7.66. The predicted octanol–water partition coefficient (Wildman–Crippen LogP) is 2.49. The smallest absolute Gasteiger partial charge is 0.0566 e. The van der Waals surface area contributed by atoms with E-state index in [4.69, 9.17) is 0 Å². The van der Waals surface area contributed by atoms with E-state index in [0.717, 1.165) is 5.75 Å². The minimum absolute atomic E-state index is 0.216. The maximum atomic E-state index is 12.3. The highest BCUT2D eigenvalue weighted by Gasteiger charge is 2.36. The molecule has 4 atom stereocenters. The van der Waals surface area contributed by atoms with Gasteiger partial charge in [-0.05, 0) is 18.4 Å². The van der Waals surface area contributed by atoms with Gasteiger partial charge in [0.25, 0.3) is 0 Å². The Morgan fingerprint density at radius 2 is 1.94 bits per heavy atom. The third-order valence-electron chi connectivity index (χ3n) is 3.33. The molecule has 0 aliphatic carbocycles. The van der Waals surface area contributed by atoms with E-state index in [1.54, 1.807) is 0 Å². The zero-order valence-electron chi connectivity index (χ0n) is 10.7. The fourth-order valence-corrected chi connectivity index (χ4v) is 4.55. The van der Waals surface area contributed by atoms with Crippen molar-refractivity contribution in [3.8, 4) is 0 Å². The van der Waals surface area contributed by atoms with E-state index >= 15 is 0 Å². The van der Waals surface area contributed by atoms with Crippen LogP contribution in [0.25, 0.3) is 0 Å². The van der Waals surface area contributed by atoms with Gasteiger partial charge in [-0.1, -0.05) is 44.2 Å². The second kappa shape index (κ2) is 5.32. The van der Waals surface area contributed by atoms with Crippen LogP contribution in [0.5, 0.6) is 0 Å². The summed E-state index contributed by atoms with van der Waals surface area (Å²) in [6.45, 7) is 6.44. The summed E-state index contributed by atoms with van der Waals surface area (Å²) in [4.78, 5) is 0. The lowest BCUT2D eigenvalue weighted by Gasteiger charge is -2.38. The van der Waals surface area contributed by atoms with Gasteiger partial charge in [0.05, 0.1) is 5.25 Å². The molecular formula is C14H21NOS. The van der Waals surface area contributed by atoms with Crippen LogP contribution < -0.4 is 5.32 Å². The van der Waals surface area contributed by atoms with Crippen LogP contribution in [0, 0.1) is 5.92 Å². The lowest BCUT2D eigenvalue weighted by molar-refractivity contribution is 0.387. The summed E-state index contributed by atoms with van der Waals surface area (Å²) < 4.78 is 12.3. The molecule has 1 N–H and O–H groups in total. The number of hydrogen-bond donors (Lipinski definition) is 1. The van der Waals surface area contributed by atoms with Crippen LogP contribution >= 0.6 is 0 Å². The Morgan fingerprint density at radius 1 is 1.29 bits per heavy atom. The van der Waals surface area contributed by atoms with Crippen molar-refractivity contribution in [1.82, 2.24) is 5.32 Å². The fraction of sp³-hybridized carbons (Fsp3) is 0.571. The lowest BCUT2D eigenvalue weighted by Crippen LogP contribution is -2.50. The molecule has 1 aliphatic heterocycles. The Kier molecular flexibility index (Phi) is 4.00. The predicted molar refractivity (Wildman–Crippen MR) is 73.4 cm³/mol. The van der Waals surface area contributed by atoms with Gasteiger partial charge in [-0.15, -0.1) is 0 Å². The van der Waals surface area contributed by atoms with Crippen molar-refractivity contribution in [3.05, 3.63) is 35.9 Å². The van der Waals surface area contributed by atoms with E-state index in [1.807, 2.05) is 6.07 Å². The van der Waals surface area contributed by atoms with Crippen molar-refractivity contribution in [2.45, 2.75) is 38.1 Å². The van der Waals surface area contributed by atoms with Crippen LogP contribution in [0.1, 0.15) is 32.4 Å². The minimum atomic E-state index is -0.731. The van der Waals surface area contributed by atoms with Crippen molar-refractivity contribution in [3.63, 3.8) is 0 Å². The summed E-state index contributed by atoms with van der Waals surface area (Å²) in [5.74, 6) is 1.20. The van der Waals surface area contributed by atoms with Gasteiger partial charge in [-0.3, -0.25) is 4.21 Å². The summed E-state index contributed by atoms with van der Waals surface area (Å²) in [6, 6.07) is 10.9. The van der Waals surface area contributed by atoms with Crippen LogP contribution in [-0.4, -0.2) is 21.3 Å². The number of nitrogens with one attached hydrogen (secondary N) is 1. The van der Waals surface area contributed by atoms with E-state index in [2.05, 4.69) is 50.4 Å². The van der Waals surface area contributed by atoms with Crippen LogP contribution in [0.2, 0.25) is 0 Å². The third kappa shape index (κ3) is 2.78. The van der Waals surface area contributed by atoms with Crippen molar-refractivity contribution in [2.24, 2.45) is 5.92 Å². The molecule has 0 amide bonds. The molecule has 3 heteroatoms. The lowest BCUT2D eigenvalue weighted by atomic mass is 9.95. The molecule has 0 aromatic heterocycles. The molecule has 0 radical (unpaired) electrons. The largest absolute Gasteiger partial charge is 0.305 e. The molecule has 94 valence electrons. The number of benzene rings is 1. The molecule has 1 aromatic rings. The van der Waals surface area contributed by atoms with Crippen LogP contribution in [0.3, 0.4) is 0 Å². The summed E-state index contributed by atoms with van der Waals surface area (Å²) in [5.41, 5.74) is 1.26. The van der Waals surface area contributed by atoms with Gasteiger partial charge >= 0.3 is 0 Å². The maximum absolute atomic E-state index is 12.3. The van der Waals surface area contributed by atoms with Gasteiger partial charge in [0.15, 0.2) is 0 Å². The highest BCUT2D eigenvalue weighted by molar-refractivity contribution is 7.85. The molecule has 0 saturated carbocycles. The fourth-order valence-electron chi connectivity index (χ4n) is 2.59. The molecule has 1 saturated heterocycles. The first-order valence-electron chi connectivity index (χ1n) is 6.27. The third-order valence-corrected chi connectivity index (χ3v) is 5.58. The maximum Gasteiger partial charge on any atom is 0.0566 e. The average Bonchev–Trinajstić information content (AvgIpc) is 2.28. The average molecular weight is 251 g/mol. The SMILES string of the molecule is CC1CS(=O)C(C(C)C)C(c2ccccc2)N1. The van der Waals surface area contributed by atoms with Gasteiger partial charge < -0.3 is 5.32 Å². The summed E-state index contributed by atoms with van der Waals surface area (Å²) in [6.07, 6.45) is 0. The quantitative estimate of drug-likeness (QED) is 0.875. The van der Waals surface area contributed by atoms with Gasteiger partial charge in [0.2, 0.25) is 0 Å². The second-order valence-electron chi connectivity index (χ2n) is 5.21. The van der Waals surface area contributed by atoms with E-state index in [0.29, 0.717) is 12.0 Å². The normalized spacial score (nSPS) is 33.9. The first-order chi connectivity index (χ1) is 8.09. The van der Waals surface area contributed by atoms with Crippen LogP contribution in [0.4, 0.5) is 0 Å². The van der Waals surface area contributed by atoms with E-state index in [-0.39, 0.29) is 11.3 Å². The monoisotopic (exact) mass is 251 g/mol. The Hall–Kier alpha value is -0.670. The van der Waals surface area contributed by atoms with Crippen molar-refractivity contribution in [2.75, 3.05) is 5.75 Å². The molecule has 4 unspecified atom stereocenters. The zero-order valence-corrected chi connectivity index (χ0v) is 11.5. The number of rotatable bonds is 2. The highest BCUT2D eigenvalue weighted by Crippen LogP contribution is 2.30. The van der Waals surface area contributed by atoms with Crippen molar-refractivity contribution in [1.29, 1.82) is 0 Å². The summed E-state index contributed by atoms with van der Waals surface area (Å²) in [7, 11) is -0.731. The Labute approximate surface area is 106 Å². The van der Waals surface area contributed by atoms with Crippen molar-refractivity contribution >= 4 is 10.8 Å². The van der Waals surface area contributed by atoms with E-state index in [1.165, 1.54) is 5.56 Å². The zero-order chi connectivity index (χ0) is 12.4. The van der Waals surface area contributed by atoms with Crippen LogP contribution in [0.15, 0.2) is 30.3 Å². The van der Waals surface area contributed by atoms with E-state index in [9.17, 15) is 4.21 Å². The minimum Gasteiger partial charge on any atom is -0.305 e. The summed E-state index contributed by atoms with van der Waals surface area (Å²) in [5, 5.41) is 3.82. The summed E-state index contributed by atoms with van der Waals surface area (Å²) >= 11 is 0. The molecular weight excluding hydrogens is 230 g/mol. The Morgan fingerprint density at radius 3 is 2.53 bits per heavy atom. The molecule has 2 rings (SSSR count). The Bertz CT molecular complexity index is 390. The molecule has 0 bridgehead atoms. The first kappa shape index (κ1) is 12.8. The molecule has 1 heterocycles. The standard InChI is InChI=1S/C14H21NOS/c1-10(2)14-13(12-7-5-4-6-8-12)15-11(3)9-17(14)16/h4-8,10-11,13-15H,9H2,1-3H3. The van der Waals surface area contributed by atoms with Gasteiger partial charge in [0, 0.05) is 28.6 Å². The molecule has 2 nitrogen and oxygen atoms in total. The van der Waals surface area contributed by atoms with Crippen LogP contribution in [-0.2, 0) is 10.8 Å². The molecule has 1 aliphatic rings. The van der Waals surface area contributed by atoms with Gasteiger partial charge in [-0.2, -0.15) is 0 Å². The van der Waals surface area contributed by atoms with Gasteiger partial charge in [-0.25, -0.2) is 0 Å². The second-order valence-corrected chi connectivity index (χ2v) is 6.85. The molecule has 0 spiro atoms. The highest BCUT2D eigenvalue weighted by atomic mass is 32.2. The van der Waals surface area contributed by atoms with Gasteiger partial charge in [0.1, 0.15) is 0 Å². The topological polar surface area (TPSA) is 29.1 Å². The molecule has 17 heavy (non-hydrogen) atoms.